The second-order valence-electron chi connectivity index (χ2n) is 4.66. The maximum absolute atomic E-state index is 13.2. The Balaban J connectivity index is 1.96. The van der Waals surface area contributed by atoms with Gasteiger partial charge in [0.1, 0.15) is 5.82 Å². The number of aliphatic carboxylic acids is 1. The standard InChI is InChI=1S/C15H17FO3S/c16-13-5-3-12(11(8-13)4-6-15(17)18)9-20-10-14-2-1-7-19-14/h3-6,8,14H,1-2,7,9-10H2,(H,17,18)/b6-4+. The van der Waals surface area contributed by atoms with Crippen molar-refractivity contribution in [2.24, 2.45) is 0 Å². The first-order chi connectivity index (χ1) is 9.65. The average Bonchev–Trinajstić information content (AvgIpc) is 2.91. The summed E-state index contributed by atoms with van der Waals surface area (Å²) in [6.45, 7) is 0.842. The summed E-state index contributed by atoms with van der Waals surface area (Å²) in [4.78, 5) is 10.6. The molecule has 1 fully saturated rings. The number of benzene rings is 1. The minimum Gasteiger partial charge on any atom is -0.478 e. The largest absolute Gasteiger partial charge is 0.478 e. The number of carboxylic acids is 1. The van der Waals surface area contributed by atoms with Crippen LogP contribution in [0.5, 0.6) is 0 Å². The van der Waals surface area contributed by atoms with E-state index in [4.69, 9.17) is 9.84 Å². The summed E-state index contributed by atoms with van der Waals surface area (Å²) in [5.74, 6) is 0.244. The van der Waals surface area contributed by atoms with Gasteiger partial charge in [0.2, 0.25) is 0 Å². The number of thioether (sulfide) groups is 1. The van der Waals surface area contributed by atoms with Crippen LogP contribution in [0, 0.1) is 5.82 Å². The van der Waals surface area contributed by atoms with Gasteiger partial charge < -0.3 is 9.84 Å². The molecule has 20 heavy (non-hydrogen) atoms. The maximum atomic E-state index is 13.2. The Morgan fingerprint density at radius 3 is 3.10 bits per heavy atom. The van der Waals surface area contributed by atoms with E-state index in [1.54, 1.807) is 17.8 Å². The van der Waals surface area contributed by atoms with E-state index >= 15 is 0 Å². The van der Waals surface area contributed by atoms with E-state index in [9.17, 15) is 9.18 Å². The van der Waals surface area contributed by atoms with Crippen LogP contribution in [0.4, 0.5) is 4.39 Å². The second kappa shape index (κ2) is 7.45. The van der Waals surface area contributed by atoms with Crippen LogP contribution in [-0.4, -0.2) is 29.5 Å². The molecule has 1 atom stereocenters. The van der Waals surface area contributed by atoms with Gasteiger partial charge in [0.05, 0.1) is 6.10 Å². The quantitative estimate of drug-likeness (QED) is 0.818. The molecule has 1 N–H and O–H groups in total. The lowest BCUT2D eigenvalue weighted by molar-refractivity contribution is -0.131. The molecule has 1 aromatic carbocycles. The Morgan fingerprint density at radius 1 is 1.55 bits per heavy atom. The van der Waals surface area contributed by atoms with E-state index in [0.717, 1.165) is 42.6 Å². The van der Waals surface area contributed by atoms with Gasteiger partial charge in [0.25, 0.3) is 0 Å². The molecule has 1 saturated heterocycles. The molecule has 3 nitrogen and oxygen atoms in total. The second-order valence-corrected chi connectivity index (χ2v) is 5.70. The topological polar surface area (TPSA) is 46.5 Å². The molecule has 0 amide bonds. The highest BCUT2D eigenvalue weighted by molar-refractivity contribution is 7.98. The molecule has 2 rings (SSSR count). The number of carbonyl (C=O) groups is 1. The van der Waals surface area contributed by atoms with Crippen molar-refractivity contribution in [3.05, 3.63) is 41.2 Å². The highest BCUT2D eigenvalue weighted by Gasteiger charge is 2.15. The van der Waals surface area contributed by atoms with Gasteiger partial charge in [-0.1, -0.05) is 6.07 Å². The van der Waals surface area contributed by atoms with Gasteiger partial charge in [-0.25, -0.2) is 9.18 Å². The number of ether oxygens (including phenoxy) is 1. The smallest absolute Gasteiger partial charge is 0.328 e. The SMILES string of the molecule is O=C(O)/C=C/c1cc(F)ccc1CSCC1CCCO1. The van der Waals surface area contributed by atoms with Crippen molar-refractivity contribution in [3.63, 3.8) is 0 Å². The van der Waals surface area contributed by atoms with Gasteiger partial charge in [-0.15, -0.1) is 0 Å². The summed E-state index contributed by atoms with van der Waals surface area (Å²) in [6.07, 6.45) is 5.01. The Bertz CT molecular complexity index is 496. The van der Waals surface area contributed by atoms with Crippen molar-refractivity contribution in [1.29, 1.82) is 0 Å². The molecule has 0 bridgehead atoms. The van der Waals surface area contributed by atoms with Gasteiger partial charge in [0, 0.05) is 24.2 Å². The van der Waals surface area contributed by atoms with Crippen LogP contribution in [0.25, 0.3) is 6.08 Å². The minimum absolute atomic E-state index is 0.318. The Kier molecular flexibility index (Phi) is 5.61. The molecular weight excluding hydrogens is 279 g/mol. The van der Waals surface area contributed by atoms with Gasteiger partial charge in [-0.2, -0.15) is 11.8 Å². The highest BCUT2D eigenvalue weighted by Crippen LogP contribution is 2.23. The van der Waals surface area contributed by atoms with Crippen molar-refractivity contribution < 1.29 is 19.0 Å². The lowest BCUT2D eigenvalue weighted by Gasteiger charge is -2.10. The average molecular weight is 296 g/mol. The zero-order valence-electron chi connectivity index (χ0n) is 11.0. The fourth-order valence-electron chi connectivity index (χ4n) is 2.09. The molecular formula is C15H17FO3S. The van der Waals surface area contributed by atoms with Crippen LogP contribution in [-0.2, 0) is 15.3 Å². The van der Waals surface area contributed by atoms with Gasteiger partial charge in [-0.05, 0) is 42.2 Å². The predicted octanol–water partition coefficient (Wildman–Crippen LogP) is 3.34. The lowest BCUT2D eigenvalue weighted by atomic mass is 10.1. The molecule has 0 spiro atoms. The molecule has 108 valence electrons. The molecule has 1 heterocycles. The monoisotopic (exact) mass is 296 g/mol. The van der Waals surface area contributed by atoms with E-state index in [1.165, 1.54) is 18.2 Å². The number of rotatable bonds is 6. The molecule has 0 saturated carbocycles. The van der Waals surface area contributed by atoms with Crippen molar-refractivity contribution in [3.8, 4) is 0 Å². The molecule has 1 aromatic rings. The zero-order chi connectivity index (χ0) is 14.4. The van der Waals surface area contributed by atoms with E-state index in [1.807, 2.05) is 0 Å². The van der Waals surface area contributed by atoms with Crippen LogP contribution in [0.15, 0.2) is 24.3 Å². The third-order valence-electron chi connectivity index (χ3n) is 3.10. The van der Waals surface area contributed by atoms with Crippen molar-refractivity contribution in [2.75, 3.05) is 12.4 Å². The summed E-state index contributed by atoms with van der Waals surface area (Å²) < 4.78 is 18.8. The summed E-state index contributed by atoms with van der Waals surface area (Å²) in [7, 11) is 0. The third kappa shape index (κ3) is 4.65. The highest BCUT2D eigenvalue weighted by atomic mass is 32.2. The van der Waals surface area contributed by atoms with Crippen molar-refractivity contribution in [2.45, 2.75) is 24.7 Å². The van der Waals surface area contributed by atoms with E-state index in [0.29, 0.717) is 11.7 Å². The first-order valence-electron chi connectivity index (χ1n) is 6.54. The van der Waals surface area contributed by atoms with Gasteiger partial charge >= 0.3 is 5.97 Å². The molecule has 0 radical (unpaired) electrons. The van der Waals surface area contributed by atoms with Crippen LogP contribution >= 0.6 is 11.8 Å². The van der Waals surface area contributed by atoms with Crippen LogP contribution in [0.3, 0.4) is 0 Å². The summed E-state index contributed by atoms with van der Waals surface area (Å²) in [5, 5.41) is 8.65. The van der Waals surface area contributed by atoms with E-state index in [2.05, 4.69) is 0 Å². The van der Waals surface area contributed by atoms with Crippen LogP contribution in [0.1, 0.15) is 24.0 Å². The summed E-state index contributed by atoms with van der Waals surface area (Å²) in [6, 6.07) is 4.47. The Morgan fingerprint density at radius 2 is 2.40 bits per heavy atom. The Labute approximate surface area is 121 Å². The minimum atomic E-state index is -1.03. The summed E-state index contributed by atoms with van der Waals surface area (Å²) in [5.41, 5.74) is 1.55. The number of halogens is 1. The number of hydrogen-bond acceptors (Lipinski definition) is 3. The number of hydrogen-bond donors (Lipinski definition) is 1. The molecule has 1 aliphatic rings. The van der Waals surface area contributed by atoms with E-state index < -0.39 is 5.97 Å². The maximum Gasteiger partial charge on any atom is 0.328 e. The van der Waals surface area contributed by atoms with Crippen LogP contribution in [0.2, 0.25) is 0 Å². The van der Waals surface area contributed by atoms with Gasteiger partial charge in [-0.3, -0.25) is 0 Å². The fourth-order valence-corrected chi connectivity index (χ4v) is 3.22. The first kappa shape index (κ1) is 15.1. The van der Waals surface area contributed by atoms with E-state index in [-0.39, 0.29) is 5.82 Å². The zero-order valence-corrected chi connectivity index (χ0v) is 11.9. The van der Waals surface area contributed by atoms with Crippen LogP contribution < -0.4 is 0 Å². The summed E-state index contributed by atoms with van der Waals surface area (Å²) >= 11 is 1.73. The lowest BCUT2D eigenvalue weighted by Crippen LogP contribution is -2.08. The predicted molar refractivity (Wildman–Crippen MR) is 78.2 cm³/mol. The van der Waals surface area contributed by atoms with Gasteiger partial charge in [0.15, 0.2) is 0 Å². The number of carboxylic acid groups (broad SMARTS) is 1. The molecule has 1 unspecified atom stereocenters. The van der Waals surface area contributed by atoms with Crippen molar-refractivity contribution in [1.82, 2.24) is 0 Å². The molecule has 0 aliphatic carbocycles. The third-order valence-corrected chi connectivity index (χ3v) is 4.22. The Hall–Kier alpha value is -1.33. The normalized spacial score (nSPS) is 18.8. The molecule has 1 aliphatic heterocycles. The molecule has 0 aromatic heterocycles. The fraction of sp³-hybridized carbons (Fsp3) is 0.400. The first-order valence-corrected chi connectivity index (χ1v) is 7.69. The van der Waals surface area contributed by atoms with Crippen molar-refractivity contribution >= 4 is 23.8 Å². The molecule has 5 heteroatoms.